The molecule has 2 amide bonds. The highest BCUT2D eigenvalue weighted by Crippen LogP contribution is 2.65. The fourth-order valence-electron chi connectivity index (χ4n) is 5.49. The molecule has 1 saturated heterocycles. The quantitative estimate of drug-likeness (QED) is 0.256. The largest absolute Gasteiger partial charge is 0.455 e. The van der Waals surface area contributed by atoms with Gasteiger partial charge in [-0.3, -0.25) is 19.7 Å². The molecule has 0 N–H and O–H groups in total. The number of carbonyl (C=O) groups is 2. The van der Waals surface area contributed by atoms with Crippen LogP contribution in [0.2, 0.25) is 0 Å². The van der Waals surface area contributed by atoms with Gasteiger partial charge in [0.2, 0.25) is 0 Å². The highest BCUT2D eigenvalue weighted by atomic mass is 16.6. The van der Waals surface area contributed by atoms with Crippen LogP contribution in [0.25, 0.3) is 11.3 Å². The Balaban J connectivity index is 1.22. The maximum atomic E-state index is 12.9. The average molecular weight is 403 g/mol. The minimum atomic E-state index is -0.461. The zero-order chi connectivity index (χ0) is 20.6. The van der Waals surface area contributed by atoms with Crippen LogP contribution in [0.3, 0.4) is 0 Å². The summed E-state index contributed by atoms with van der Waals surface area (Å²) >= 11 is 0. The standard InChI is InChI=1S/C22H17N3O5/c26-21-19-14-6-7-15(17-9-16(14)17)20(19)22(27)24(21)23-10-13-5-8-18(30-13)11-1-3-12(4-2-11)25(28)29/h1-8,10,14-17,19-20H,9H2/b23-10-/t14-,15-,16-,17+,19-,20+/m1/s1. The third kappa shape index (κ3) is 2.36. The molecule has 6 atom stereocenters. The predicted molar refractivity (Wildman–Crippen MR) is 105 cm³/mol. The molecule has 0 radical (unpaired) electrons. The first-order valence-electron chi connectivity index (χ1n) is 9.98. The first-order chi connectivity index (χ1) is 14.5. The molecule has 5 aliphatic rings. The van der Waals surface area contributed by atoms with E-state index in [1.807, 2.05) is 0 Å². The Hall–Kier alpha value is -3.55. The third-order valence-electron chi connectivity index (χ3n) is 6.93. The lowest BCUT2D eigenvalue weighted by molar-refractivity contribution is -0.384. The van der Waals surface area contributed by atoms with Gasteiger partial charge in [-0.25, -0.2) is 0 Å². The molecule has 150 valence electrons. The molecule has 30 heavy (non-hydrogen) atoms. The number of nitrogens with zero attached hydrogens (tertiary/aromatic N) is 3. The van der Waals surface area contributed by atoms with E-state index >= 15 is 0 Å². The van der Waals surface area contributed by atoms with E-state index in [0.29, 0.717) is 28.9 Å². The van der Waals surface area contributed by atoms with Crippen LogP contribution >= 0.6 is 0 Å². The summed E-state index contributed by atoms with van der Waals surface area (Å²) in [6.45, 7) is 0. The molecule has 1 aromatic heterocycles. The topological polar surface area (TPSA) is 106 Å². The normalized spacial score (nSPS) is 33.3. The molecule has 2 bridgehead atoms. The minimum absolute atomic E-state index is 0.000658. The van der Waals surface area contributed by atoms with E-state index in [2.05, 4.69) is 17.3 Å². The maximum absolute atomic E-state index is 12.9. The first-order valence-corrected chi connectivity index (χ1v) is 9.98. The molecule has 7 rings (SSSR count). The number of benzene rings is 1. The Morgan fingerprint density at radius 1 is 1.00 bits per heavy atom. The molecule has 2 heterocycles. The van der Waals surface area contributed by atoms with E-state index in [1.54, 1.807) is 24.3 Å². The molecule has 2 aromatic rings. The van der Waals surface area contributed by atoms with E-state index in [1.165, 1.54) is 18.3 Å². The van der Waals surface area contributed by atoms with Crippen molar-refractivity contribution in [2.75, 3.05) is 0 Å². The summed E-state index contributed by atoms with van der Waals surface area (Å²) in [6, 6.07) is 9.41. The molecular weight excluding hydrogens is 386 g/mol. The number of nitro groups is 1. The number of rotatable bonds is 4. The molecule has 8 nitrogen and oxygen atoms in total. The number of imide groups is 1. The second-order valence-electron chi connectivity index (χ2n) is 8.39. The molecule has 0 spiro atoms. The number of non-ortho nitro benzene ring substituents is 1. The van der Waals surface area contributed by atoms with E-state index in [-0.39, 0.29) is 41.2 Å². The lowest BCUT2D eigenvalue weighted by Gasteiger charge is -2.37. The van der Waals surface area contributed by atoms with Gasteiger partial charge in [0, 0.05) is 17.7 Å². The number of furan rings is 1. The zero-order valence-electron chi connectivity index (χ0n) is 15.8. The van der Waals surface area contributed by atoms with Gasteiger partial charge in [0.05, 0.1) is 23.0 Å². The van der Waals surface area contributed by atoms with Gasteiger partial charge in [-0.2, -0.15) is 10.1 Å². The van der Waals surface area contributed by atoms with Gasteiger partial charge >= 0.3 is 0 Å². The van der Waals surface area contributed by atoms with Crippen molar-refractivity contribution in [1.82, 2.24) is 5.01 Å². The van der Waals surface area contributed by atoms with Crippen molar-refractivity contribution in [3.8, 4) is 11.3 Å². The summed E-state index contributed by atoms with van der Waals surface area (Å²) in [5.74, 6) is 1.36. The number of hydrogen-bond donors (Lipinski definition) is 0. The Morgan fingerprint density at radius 3 is 2.23 bits per heavy atom. The minimum Gasteiger partial charge on any atom is -0.455 e. The van der Waals surface area contributed by atoms with Crippen molar-refractivity contribution in [3.63, 3.8) is 0 Å². The van der Waals surface area contributed by atoms with Crippen LogP contribution in [0, 0.1) is 45.6 Å². The lowest BCUT2D eigenvalue weighted by Crippen LogP contribution is -2.40. The van der Waals surface area contributed by atoms with E-state index in [9.17, 15) is 19.7 Å². The van der Waals surface area contributed by atoms with Gasteiger partial charge in [0.15, 0.2) is 0 Å². The van der Waals surface area contributed by atoms with Crippen LogP contribution in [-0.2, 0) is 9.59 Å². The van der Waals surface area contributed by atoms with E-state index < -0.39 is 4.92 Å². The van der Waals surface area contributed by atoms with Crippen molar-refractivity contribution < 1.29 is 18.9 Å². The molecule has 4 aliphatic carbocycles. The van der Waals surface area contributed by atoms with Crippen LogP contribution < -0.4 is 0 Å². The second-order valence-corrected chi connectivity index (χ2v) is 8.39. The monoisotopic (exact) mass is 403 g/mol. The molecule has 3 fully saturated rings. The van der Waals surface area contributed by atoms with Gasteiger partial charge in [-0.15, -0.1) is 0 Å². The summed E-state index contributed by atoms with van der Waals surface area (Å²) in [7, 11) is 0. The number of hydrazone groups is 1. The van der Waals surface area contributed by atoms with Crippen molar-refractivity contribution in [2.45, 2.75) is 6.42 Å². The SMILES string of the molecule is O=C1[C@@H]2[C@@H]3C=C[C@H]([C@@H]4C[C@H]34)[C@@H]2C(=O)N1/N=C\c1ccc(-c2ccc([N+](=O)[O-])cc2)o1. The first kappa shape index (κ1) is 17.3. The molecule has 1 aromatic carbocycles. The number of carbonyl (C=O) groups excluding carboxylic acids is 2. The van der Waals surface area contributed by atoms with Crippen LogP contribution in [-0.4, -0.2) is 28.0 Å². The molecule has 8 heteroatoms. The van der Waals surface area contributed by atoms with Gasteiger partial charge in [-0.05, 0) is 54.4 Å². The Bertz CT molecular complexity index is 1110. The maximum Gasteiger partial charge on any atom is 0.269 e. The number of nitro benzene ring substituents is 1. The van der Waals surface area contributed by atoms with E-state index in [4.69, 9.17) is 4.42 Å². The van der Waals surface area contributed by atoms with Crippen molar-refractivity contribution >= 4 is 23.7 Å². The fourth-order valence-corrected chi connectivity index (χ4v) is 5.49. The summed E-state index contributed by atoms with van der Waals surface area (Å²) in [6.07, 6.45) is 6.75. The Kier molecular flexibility index (Phi) is 3.45. The summed E-state index contributed by atoms with van der Waals surface area (Å²) in [4.78, 5) is 36.1. The van der Waals surface area contributed by atoms with Gasteiger partial charge in [-0.1, -0.05) is 12.2 Å². The zero-order valence-corrected chi connectivity index (χ0v) is 15.8. The highest BCUT2D eigenvalue weighted by Gasteiger charge is 2.67. The summed E-state index contributed by atoms with van der Waals surface area (Å²) in [5, 5.41) is 16.0. The number of amides is 2. The Morgan fingerprint density at radius 2 is 1.63 bits per heavy atom. The van der Waals surface area contributed by atoms with Crippen LogP contribution in [0.5, 0.6) is 0 Å². The molecular formula is C22H17N3O5. The predicted octanol–water partition coefficient (Wildman–Crippen LogP) is 3.24. The smallest absolute Gasteiger partial charge is 0.269 e. The van der Waals surface area contributed by atoms with Gasteiger partial charge in [0.25, 0.3) is 17.5 Å². The molecule has 2 saturated carbocycles. The number of hydrogen-bond acceptors (Lipinski definition) is 6. The molecule has 0 unspecified atom stereocenters. The van der Waals surface area contributed by atoms with Crippen LogP contribution in [0.1, 0.15) is 12.2 Å². The Labute approximate surface area is 171 Å². The molecule has 1 aliphatic heterocycles. The third-order valence-corrected chi connectivity index (χ3v) is 6.93. The summed E-state index contributed by atoms with van der Waals surface area (Å²) < 4.78 is 5.72. The van der Waals surface area contributed by atoms with Crippen LogP contribution in [0.15, 0.2) is 58.1 Å². The van der Waals surface area contributed by atoms with Crippen LogP contribution in [0.4, 0.5) is 5.69 Å². The number of allylic oxidation sites excluding steroid dienone is 2. The van der Waals surface area contributed by atoms with Gasteiger partial charge in [0.1, 0.15) is 11.5 Å². The fraction of sp³-hybridized carbons (Fsp3) is 0.318. The van der Waals surface area contributed by atoms with E-state index in [0.717, 1.165) is 11.4 Å². The second kappa shape index (κ2) is 5.98. The summed E-state index contributed by atoms with van der Waals surface area (Å²) in [5.41, 5.74) is 0.683. The highest BCUT2D eigenvalue weighted by molar-refractivity contribution is 6.06. The average Bonchev–Trinajstić information content (AvgIpc) is 3.39. The van der Waals surface area contributed by atoms with Crippen molar-refractivity contribution in [1.29, 1.82) is 0 Å². The van der Waals surface area contributed by atoms with Crippen molar-refractivity contribution in [3.05, 3.63) is 64.4 Å². The lowest BCUT2D eigenvalue weighted by atomic mass is 9.63. The van der Waals surface area contributed by atoms with Crippen molar-refractivity contribution in [2.24, 2.45) is 40.6 Å². The van der Waals surface area contributed by atoms with Gasteiger partial charge < -0.3 is 4.42 Å².